The molecule has 0 spiro atoms. The van der Waals surface area contributed by atoms with Crippen LogP contribution >= 0.6 is 11.6 Å². The third-order valence-electron chi connectivity index (χ3n) is 5.60. The summed E-state index contributed by atoms with van der Waals surface area (Å²) in [5.74, 6) is 0.456. The summed E-state index contributed by atoms with van der Waals surface area (Å²) in [6.45, 7) is 7.49. The molecule has 1 unspecified atom stereocenters. The molecule has 4 rings (SSSR count). The van der Waals surface area contributed by atoms with E-state index < -0.39 is 5.60 Å². The first-order valence-corrected chi connectivity index (χ1v) is 10.2. The maximum atomic E-state index is 13.7. The van der Waals surface area contributed by atoms with E-state index in [-0.39, 0.29) is 33.9 Å². The van der Waals surface area contributed by atoms with Gasteiger partial charge in [0.2, 0.25) is 5.82 Å². The lowest BCUT2D eigenvalue weighted by atomic mass is 10.1. The normalized spacial score (nSPS) is 13.1. The van der Waals surface area contributed by atoms with E-state index in [1.54, 1.807) is 42.1 Å². The second-order valence-corrected chi connectivity index (χ2v) is 8.19. The first kappa shape index (κ1) is 21.0. The SMILES string of the molecule is CCC(C)n1c(=O)c2c(-c3noc(C(C)(C)OC)n3)ncn2c2ccc(Cl)c(C#N)c21. The molecule has 0 amide bonds. The fourth-order valence-corrected chi connectivity index (χ4v) is 3.66. The lowest BCUT2D eigenvalue weighted by Crippen LogP contribution is -2.26. The van der Waals surface area contributed by atoms with E-state index in [9.17, 15) is 10.1 Å². The molecule has 0 bridgehead atoms. The van der Waals surface area contributed by atoms with Gasteiger partial charge in [0.15, 0.2) is 0 Å². The number of hydrogen-bond donors (Lipinski definition) is 0. The molecule has 0 saturated heterocycles. The van der Waals surface area contributed by atoms with Gasteiger partial charge in [-0.05, 0) is 39.3 Å². The Balaban J connectivity index is 2.11. The summed E-state index contributed by atoms with van der Waals surface area (Å²) < 4.78 is 14.0. The van der Waals surface area contributed by atoms with Crippen LogP contribution in [0, 0.1) is 11.3 Å². The number of halogens is 1. The predicted molar refractivity (Wildman–Crippen MR) is 115 cm³/mol. The molecule has 4 aromatic rings. The second-order valence-electron chi connectivity index (χ2n) is 7.78. The van der Waals surface area contributed by atoms with Gasteiger partial charge in [-0.25, -0.2) is 4.98 Å². The van der Waals surface area contributed by atoms with Crippen LogP contribution in [0.25, 0.3) is 28.1 Å². The van der Waals surface area contributed by atoms with E-state index in [4.69, 9.17) is 20.9 Å². The average Bonchev–Trinajstić information content (AvgIpc) is 3.41. The summed E-state index contributed by atoms with van der Waals surface area (Å²) in [7, 11) is 1.55. The van der Waals surface area contributed by atoms with Crippen LogP contribution in [0.2, 0.25) is 5.02 Å². The van der Waals surface area contributed by atoms with E-state index in [1.807, 2.05) is 13.8 Å². The Labute approximate surface area is 182 Å². The topological polar surface area (TPSA) is 111 Å². The quantitative estimate of drug-likeness (QED) is 0.459. The maximum absolute atomic E-state index is 13.7. The molecule has 0 aliphatic rings. The molecule has 1 atom stereocenters. The van der Waals surface area contributed by atoms with Gasteiger partial charge in [-0.15, -0.1) is 0 Å². The van der Waals surface area contributed by atoms with E-state index >= 15 is 0 Å². The molecule has 0 saturated carbocycles. The number of methoxy groups -OCH3 is 1. The van der Waals surface area contributed by atoms with Crippen molar-refractivity contribution in [1.82, 2.24) is 24.1 Å². The number of nitriles is 1. The monoisotopic (exact) mass is 440 g/mol. The second kappa shape index (κ2) is 7.48. The minimum absolute atomic E-state index is 0.179. The molecule has 10 heteroatoms. The highest BCUT2D eigenvalue weighted by molar-refractivity contribution is 6.32. The van der Waals surface area contributed by atoms with Crippen LogP contribution in [-0.2, 0) is 10.3 Å². The Morgan fingerprint density at radius 1 is 1.35 bits per heavy atom. The first-order valence-electron chi connectivity index (χ1n) is 9.78. The number of aromatic nitrogens is 5. The first-order chi connectivity index (χ1) is 14.7. The van der Waals surface area contributed by atoms with Gasteiger partial charge in [0.25, 0.3) is 11.4 Å². The fourth-order valence-electron chi connectivity index (χ4n) is 3.47. The zero-order chi connectivity index (χ0) is 22.5. The highest BCUT2D eigenvalue weighted by Crippen LogP contribution is 2.31. The molecule has 0 aliphatic heterocycles. The van der Waals surface area contributed by atoms with Crippen LogP contribution in [0.15, 0.2) is 27.8 Å². The molecule has 9 nitrogen and oxygen atoms in total. The largest absolute Gasteiger partial charge is 0.369 e. The number of nitrogens with zero attached hydrogens (tertiary/aromatic N) is 6. The zero-order valence-corrected chi connectivity index (χ0v) is 18.6. The molecule has 1 aromatic carbocycles. The number of hydrogen-bond acceptors (Lipinski definition) is 7. The summed E-state index contributed by atoms with van der Waals surface area (Å²) in [5.41, 5.74) is 0.836. The number of benzene rings is 1. The Hall–Kier alpha value is -3.22. The van der Waals surface area contributed by atoms with Gasteiger partial charge in [0.05, 0.1) is 21.6 Å². The summed E-state index contributed by atoms with van der Waals surface area (Å²) >= 11 is 6.28. The Bertz CT molecular complexity index is 1410. The molecular weight excluding hydrogens is 420 g/mol. The van der Waals surface area contributed by atoms with E-state index in [0.717, 1.165) is 0 Å². The van der Waals surface area contributed by atoms with Crippen molar-refractivity contribution in [2.24, 2.45) is 0 Å². The van der Waals surface area contributed by atoms with Gasteiger partial charge in [-0.1, -0.05) is 23.7 Å². The van der Waals surface area contributed by atoms with Crippen molar-refractivity contribution in [1.29, 1.82) is 5.26 Å². The summed E-state index contributed by atoms with van der Waals surface area (Å²) in [5, 5.41) is 14.0. The van der Waals surface area contributed by atoms with Crippen molar-refractivity contribution in [3.63, 3.8) is 0 Å². The molecule has 3 heterocycles. The molecule has 0 N–H and O–H groups in total. The molecule has 31 heavy (non-hydrogen) atoms. The van der Waals surface area contributed by atoms with Crippen LogP contribution in [0.1, 0.15) is 51.6 Å². The molecular formula is C21H21ClN6O3. The molecule has 3 aromatic heterocycles. The van der Waals surface area contributed by atoms with Crippen molar-refractivity contribution in [2.75, 3.05) is 7.11 Å². The smallest absolute Gasteiger partial charge is 0.278 e. The van der Waals surface area contributed by atoms with Gasteiger partial charge < -0.3 is 13.8 Å². The predicted octanol–water partition coefficient (Wildman–Crippen LogP) is 4.08. The van der Waals surface area contributed by atoms with Crippen molar-refractivity contribution >= 4 is 28.2 Å². The summed E-state index contributed by atoms with van der Waals surface area (Å²) in [4.78, 5) is 22.5. The van der Waals surface area contributed by atoms with Gasteiger partial charge >= 0.3 is 0 Å². The van der Waals surface area contributed by atoms with Crippen molar-refractivity contribution in [3.8, 4) is 17.6 Å². The Morgan fingerprint density at radius 3 is 2.74 bits per heavy atom. The van der Waals surface area contributed by atoms with Gasteiger partial charge in [0, 0.05) is 13.2 Å². The molecule has 0 aliphatic carbocycles. The molecule has 160 valence electrons. The van der Waals surface area contributed by atoms with E-state index in [2.05, 4.69) is 21.2 Å². The van der Waals surface area contributed by atoms with Crippen molar-refractivity contribution in [2.45, 2.75) is 45.8 Å². The lowest BCUT2D eigenvalue weighted by molar-refractivity contribution is -0.00786. The molecule has 0 fully saturated rings. The van der Waals surface area contributed by atoms with Gasteiger partial charge in [0.1, 0.15) is 29.2 Å². The highest BCUT2D eigenvalue weighted by Gasteiger charge is 2.29. The Morgan fingerprint density at radius 2 is 2.10 bits per heavy atom. The van der Waals surface area contributed by atoms with Crippen molar-refractivity contribution in [3.05, 3.63) is 45.3 Å². The number of imidazole rings is 1. The van der Waals surface area contributed by atoms with Gasteiger partial charge in [-0.3, -0.25) is 9.20 Å². The minimum Gasteiger partial charge on any atom is -0.369 e. The average molecular weight is 441 g/mol. The van der Waals surface area contributed by atoms with E-state index in [0.29, 0.717) is 28.7 Å². The van der Waals surface area contributed by atoms with Crippen molar-refractivity contribution < 1.29 is 9.26 Å². The number of fused-ring (bicyclic) bond motifs is 3. The Kier molecular flexibility index (Phi) is 5.07. The van der Waals surface area contributed by atoms with Gasteiger partial charge in [-0.2, -0.15) is 10.2 Å². The summed E-state index contributed by atoms with van der Waals surface area (Å²) in [6.07, 6.45) is 2.20. The lowest BCUT2D eigenvalue weighted by Gasteiger charge is -2.19. The zero-order valence-electron chi connectivity index (χ0n) is 17.8. The third kappa shape index (κ3) is 3.10. The van der Waals surface area contributed by atoms with Crippen LogP contribution in [-0.4, -0.2) is 31.2 Å². The third-order valence-corrected chi connectivity index (χ3v) is 5.92. The maximum Gasteiger partial charge on any atom is 0.278 e. The number of ether oxygens (including phenoxy) is 1. The summed E-state index contributed by atoms with van der Waals surface area (Å²) in [6, 6.07) is 5.36. The standard InChI is InChI=1S/C21H21ClN6O3/c1-6-11(2)28-16-12(9-23)13(22)7-8-14(16)27-10-24-15(17(27)19(28)29)18-25-20(31-26-18)21(3,4)30-5/h7-8,10-11H,6H2,1-5H3. The molecule has 0 radical (unpaired) electrons. The van der Waals surface area contributed by atoms with E-state index in [1.165, 1.54) is 6.33 Å². The van der Waals surface area contributed by atoms with Crippen LogP contribution in [0.4, 0.5) is 0 Å². The van der Waals surface area contributed by atoms with Crippen LogP contribution < -0.4 is 5.56 Å². The number of rotatable bonds is 5. The highest BCUT2D eigenvalue weighted by atomic mass is 35.5. The van der Waals surface area contributed by atoms with Crippen LogP contribution in [0.3, 0.4) is 0 Å². The minimum atomic E-state index is -0.789. The fraction of sp³-hybridized carbons (Fsp3) is 0.381. The van der Waals surface area contributed by atoms with Crippen LogP contribution in [0.5, 0.6) is 0 Å².